The third-order valence-electron chi connectivity index (χ3n) is 4.99. The SMILES string of the molecule is CCC(Nc1nc(N[C@H](CC)CO)nc(Oc2c(F)c(F)c(F)c(F)c2F)n1)c1cccc(F)c1. The Balaban J connectivity index is 2.03. The van der Waals surface area contributed by atoms with E-state index in [1.807, 2.05) is 0 Å². The van der Waals surface area contributed by atoms with E-state index in [2.05, 4.69) is 25.6 Å². The first kappa shape index (κ1) is 26.0. The molecule has 3 N–H and O–H groups in total. The fourth-order valence-corrected chi connectivity index (χ4v) is 3.06. The Morgan fingerprint density at radius 3 is 1.97 bits per heavy atom. The summed E-state index contributed by atoms with van der Waals surface area (Å²) in [6.45, 7) is 3.21. The maximum Gasteiger partial charge on any atom is 0.328 e. The zero-order chi connectivity index (χ0) is 25.7. The van der Waals surface area contributed by atoms with E-state index in [9.17, 15) is 31.4 Å². The van der Waals surface area contributed by atoms with Crippen LogP contribution in [0.2, 0.25) is 0 Å². The zero-order valence-electron chi connectivity index (χ0n) is 18.6. The second-order valence-electron chi connectivity index (χ2n) is 7.36. The fourth-order valence-electron chi connectivity index (χ4n) is 3.06. The fraction of sp³-hybridized carbons (Fsp3) is 0.318. The summed E-state index contributed by atoms with van der Waals surface area (Å²) in [6, 6.07) is 3.84. The Labute approximate surface area is 196 Å². The summed E-state index contributed by atoms with van der Waals surface area (Å²) >= 11 is 0. The Bertz CT molecular complexity index is 1170. The first-order valence-electron chi connectivity index (χ1n) is 10.5. The van der Waals surface area contributed by atoms with Crippen LogP contribution in [0.4, 0.5) is 38.2 Å². The number of ether oxygens (including phenoxy) is 1. The van der Waals surface area contributed by atoms with Crippen molar-refractivity contribution in [3.05, 3.63) is 64.7 Å². The molecule has 0 saturated carbocycles. The summed E-state index contributed by atoms with van der Waals surface area (Å²) in [5, 5.41) is 15.1. The highest BCUT2D eigenvalue weighted by atomic mass is 19.2. The number of nitrogens with one attached hydrogen (secondary N) is 2. The van der Waals surface area contributed by atoms with E-state index in [-0.39, 0.29) is 18.5 Å². The zero-order valence-corrected chi connectivity index (χ0v) is 18.6. The quantitative estimate of drug-likeness (QED) is 0.199. The Morgan fingerprint density at radius 2 is 1.43 bits per heavy atom. The van der Waals surface area contributed by atoms with Gasteiger partial charge in [0.15, 0.2) is 0 Å². The normalized spacial score (nSPS) is 12.8. The lowest BCUT2D eigenvalue weighted by Gasteiger charge is -2.19. The van der Waals surface area contributed by atoms with Gasteiger partial charge in [-0.2, -0.15) is 23.7 Å². The molecule has 0 aliphatic carbocycles. The summed E-state index contributed by atoms with van der Waals surface area (Å²) in [5.41, 5.74) is 0.534. The molecule has 0 fully saturated rings. The minimum Gasteiger partial charge on any atom is -0.418 e. The number of aromatic nitrogens is 3. The van der Waals surface area contributed by atoms with Gasteiger partial charge in [0, 0.05) is 0 Å². The molecule has 1 heterocycles. The molecule has 2 atom stereocenters. The van der Waals surface area contributed by atoms with Crippen molar-refractivity contribution in [1.82, 2.24) is 15.0 Å². The number of aliphatic hydroxyl groups is 1. The van der Waals surface area contributed by atoms with Gasteiger partial charge < -0.3 is 20.5 Å². The van der Waals surface area contributed by atoms with Crippen molar-refractivity contribution in [2.45, 2.75) is 38.8 Å². The van der Waals surface area contributed by atoms with Crippen molar-refractivity contribution in [3.63, 3.8) is 0 Å². The van der Waals surface area contributed by atoms with Crippen molar-refractivity contribution >= 4 is 11.9 Å². The van der Waals surface area contributed by atoms with Crippen LogP contribution in [0.15, 0.2) is 24.3 Å². The summed E-state index contributed by atoms with van der Waals surface area (Å²) in [6.07, 6.45) is 0.861. The average molecular weight is 501 g/mol. The molecule has 35 heavy (non-hydrogen) atoms. The molecule has 1 aromatic heterocycles. The highest BCUT2D eigenvalue weighted by molar-refractivity contribution is 5.41. The van der Waals surface area contributed by atoms with Crippen LogP contribution in [0.3, 0.4) is 0 Å². The molecule has 7 nitrogen and oxygen atoms in total. The summed E-state index contributed by atoms with van der Waals surface area (Å²) in [5.74, 6) is -13.7. The van der Waals surface area contributed by atoms with Gasteiger partial charge in [0.05, 0.1) is 18.7 Å². The van der Waals surface area contributed by atoms with Gasteiger partial charge in [-0.15, -0.1) is 0 Å². The van der Waals surface area contributed by atoms with E-state index in [4.69, 9.17) is 4.74 Å². The highest BCUT2D eigenvalue weighted by Gasteiger charge is 2.28. The predicted molar refractivity (Wildman–Crippen MR) is 114 cm³/mol. The molecule has 188 valence electrons. The van der Waals surface area contributed by atoms with E-state index in [1.165, 1.54) is 18.2 Å². The summed E-state index contributed by atoms with van der Waals surface area (Å²) in [7, 11) is 0. The van der Waals surface area contributed by atoms with Gasteiger partial charge in [-0.1, -0.05) is 26.0 Å². The topological polar surface area (TPSA) is 92.2 Å². The lowest BCUT2D eigenvalue weighted by molar-refractivity contribution is 0.271. The van der Waals surface area contributed by atoms with Gasteiger partial charge in [-0.25, -0.2) is 17.6 Å². The van der Waals surface area contributed by atoms with E-state index in [0.29, 0.717) is 18.4 Å². The Hall–Kier alpha value is -3.61. The number of hydrogen-bond acceptors (Lipinski definition) is 7. The molecule has 1 unspecified atom stereocenters. The number of nitrogens with zero attached hydrogens (tertiary/aromatic N) is 3. The molecule has 0 bridgehead atoms. The van der Waals surface area contributed by atoms with Crippen molar-refractivity contribution in [1.29, 1.82) is 0 Å². The van der Waals surface area contributed by atoms with Crippen LogP contribution in [0, 0.1) is 34.9 Å². The van der Waals surface area contributed by atoms with Crippen LogP contribution in [-0.2, 0) is 0 Å². The molecule has 3 aromatic rings. The molecular formula is C22H21F6N5O2. The molecule has 2 aromatic carbocycles. The van der Waals surface area contributed by atoms with E-state index in [0.717, 1.165) is 0 Å². The van der Waals surface area contributed by atoms with Crippen LogP contribution >= 0.6 is 0 Å². The van der Waals surface area contributed by atoms with Gasteiger partial charge >= 0.3 is 6.01 Å². The largest absolute Gasteiger partial charge is 0.418 e. The molecule has 0 radical (unpaired) electrons. The number of halogens is 6. The molecule has 0 aliphatic rings. The predicted octanol–water partition coefficient (Wildman–Crippen LogP) is 5.24. The highest BCUT2D eigenvalue weighted by Crippen LogP contribution is 2.32. The molecular weight excluding hydrogens is 480 g/mol. The molecule has 0 aliphatic heterocycles. The molecule has 13 heteroatoms. The minimum atomic E-state index is -2.35. The molecule has 3 rings (SSSR count). The monoisotopic (exact) mass is 501 g/mol. The number of rotatable bonds is 10. The van der Waals surface area contributed by atoms with Crippen molar-refractivity contribution in [2.24, 2.45) is 0 Å². The molecule has 0 saturated heterocycles. The third kappa shape index (κ3) is 5.91. The van der Waals surface area contributed by atoms with Crippen LogP contribution < -0.4 is 15.4 Å². The average Bonchev–Trinajstić information content (AvgIpc) is 2.86. The number of benzene rings is 2. The maximum atomic E-state index is 14.1. The second-order valence-corrected chi connectivity index (χ2v) is 7.36. The molecule has 0 spiro atoms. The number of anilines is 2. The van der Waals surface area contributed by atoms with E-state index in [1.54, 1.807) is 19.9 Å². The minimum absolute atomic E-state index is 0.203. The Morgan fingerprint density at radius 1 is 0.829 bits per heavy atom. The number of hydrogen-bond donors (Lipinski definition) is 3. The standard InChI is InChI=1S/C22H21F6N5O2/c1-3-12(9-34)29-20-31-21(30-13(4-2)10-6-5-7-11(23)8-10)33-22(32-20)35-19-17(27)15(25)14(24)16(26)18(19)28/h5-8,12-13,34H,3-4,9H2,1-2H3,(H2,29,30,31,32,33)/t12-,13?/m1/s1. The lowest BCUT2D eigenvalue weighted by Crippen LogP contribution is -2.24. The first-order valence-corrected chi connectivity index (χ1v) is 10.5. The smallest absolute Gasteiger partial charge is 0.328 e. The third-order valence-corrected chi connectivity index (χ3v) is 4.99. The van der Waals surface area contributed by atoms with Crippen LogP contribution in [0.25, 0.3) is 0 Å². The molecule has 0 amide bonds. The van der Waals surface area contributed by atoms with Gasteiger partial charge in [0.1, 0.15) is 5.82 Å². The number of aliphatic hydroxyl groups excluding tert-OH is 1. The van der Waals surface area contributed by atoms with Crippen LogP contribution in [0.5, 0.6) is 11.8 Å². The van der Waals surface area contributed by atoms with E-state index >= 15 is 0 Å². The van der Waals surface area contributed by atoms with Crippen LogP contribution in [0.1, 0.15) is 38.3 Å². The van der Waals surface area contributed by atoms with Crippen LogP contribution in [-0.4, -0.2) is 32.7 Å². The summed E-state index contributed by atoms with van der Waals surface area (Å²) < 4.78 is 87.3. The van der Waals surface area contributed by atoms with Gasteiger partial charge in [-0.3, -0.25) is 0 Å². The van der Waals surface area contributed by atoms with Crippen molar-refractivity contribution < 1.29 is 36.2 Å². The van der Waals surface area contributed by atoms with Gasteiger partial charge in [-0.05, 0) is 30.5 Å². The Kier molecular flexibility index (Phi) is 8.33. The van der Waals surface area contributed by atoms with Gasteiger partial charge in [0.25, 0.3) is 0 Å². The first-order chi connectivity index (χ1) is 16.7. The maximum absolute atomic E-state index is 14.1. The lowest BCUT2D eigenvalue weighted by atomic mass is 10.0. The van der Waals surface area contributed by atoms with Crippen molar-refractivity contribution in [3.8, 4) is 11.8 Å². The van der Waals surface area contributed by atoms with Gasteiger partial charge in [0.2, 0.25) is 46.7 Å². The van der Waals surface area contributed by atoms with Crippen molar-refractivity contribution in [2.75, 3.05) is 17.2 Å². The summed E-state index contributed by atoms with van der Waals surface area (Å²) in [4.78, 5) is 11.8. The second kappa shape index (κ2) is 11.2. The van der Waals surface area contributed by atoms with E-state index < -0.39 is 58.7 Å².